The zero-order valence-corrected chi connectivity index (χ0v) is 18.7. The summed E-state index contributed by atoms with van der Waals surface area (Å²) in [4.78, 5) is 12.9. The van der Waals surface area contributed by atoms with E-state index in [-0.39, 0.29) is 16.7 Å². The van der Waals surface area contributed by atoms with Gasteiger partial charge in [-0.05, 0) is 62.1 Å². The maximum Gasteiger partial charge on any atom is 0.243 e. The molecule has 4 rings (SSSR count). The van der Waals surface area contributed by atoms with Gasteiger partial charge in [-0.2, -0.15) is 4.31 Å². The summed E-state index contributed by atoms with van der Waals surface area (Å²) < 4.78 is 38.9. The SMILES string of the molecule is Cc1cc(C)cc(NC(=O)C2CCN(S(=O)(=O)c3ccc4c(c3)OCCCO4)CC2)c1. The van der Waals surface area contributed by atoms with Crippen molar-refractivity contribution >= 4 is 21.6 Å². The van der Waals surface area contributed by atoms with Gasteiger partial charge in [-0.15, -0.1) is 0 Å². The minimum Gasteiger partial charge on any atom is -0.490 e. The Kier molecular flexibility index (Phi) is 6.20. The van der Waals surface area contributed by atoms with Crippen molar-refractivity contribution in [2.24, 2.45) is 5.92 Å². The molecule has 166 valence electrons. The lowest BCUT2D eigenvalue weighted by molar-refractivity contribution is -0.120. The van der Waals surface area contributed by atoms with Crippen molar-refractivity contribution in [2.45, 2.75) is 38.0 Å². The third-order valence-electron chi connectivity index (χ3n) is 5.67. The Bertz CT molecular complexity index is 1060. The number of aryl methyl sites for hydroxylation is 2. The third-order valence-corrected chi connectivity index (χ3v) is 7.57. The van der Waals surface area contributed by atoms with Crippen LogP contribution in [-0.4, -0.2) is 44.9 Å². The maximum absolute atomic E-state index is 13.1. The molecule has 1 N–H and O–H groups in total. The number of rotatable bonds is 4. The van der Waals surface area contributed by atoms with E-state index in [2.05, 4.69) is 11.4 Å². The average molecular weight is 445 g/mol. The molecule has 8 heteroatoms. The Labute approximate surface area is 183 Å². The predicted molar refractivity (Wildman–Crippen MR) is 118 cm³/mol. The van der Waals surface area contributed by atoms with E-state index in [9.17, 15) is 13.2 Å². The number of ether oxygens (including phenoxy) is 2. The van der Waals surface area contributed by atoms with E-state index in [1.165, 1.54) is 10.4 Å². The molecule has 1 saturated heterocycles. The van der Waals surface area contributed by atoms with Crippen molar-refractivity contribution in [3.63, 3.8) is 0 Å². The van der Waals surface area contributed by atoms with E-state index in [1.807, 2.05) is 26.0 Å². The molecule has 1 fully saturated rings. The minimum atomic E-state index is -3.66. The minimum absolute atomic E-state index is 0.0578. The van der Waals surface area contributed by atoms with Crippen LogP contribution < -0.4 is 14.8 Å². The van der Waals surface area contributed by atoms with Crippen molar-refractivity contribution < 1.29 is 22.7 Å². The largest absolute Gasteiger partial charge is 0.490 e. The molecule has 31 heavy (non-hydrogen) atoms. The number of hydrogen-bond acceptors (Lipinski definition) is 5. The lowest BCUT2D eigenvalue weighted by atomic mass is 9.97. The molecule has 0 aromatic heterocycles. The first-order valence-corrected chi connectivity index (χ1v) is 12.1. The molecule has 0 aliphatic carbocycles. The number of carbonyl (C=O) groups is 1. The Balaban J connectivity index is 1.41. The fourth-order valence-electron chi connectivity index (χ4n) is 4.10. The molecule has 2 aliphatic rings. The summed E-state index contributed by atoms with van der Waals surface area (Å²) in [5, 5.41) is 2.98. The number of amides is 1. The Morgan fingerprint density at radius 1 is 0.968 bits per heavy atom. The molecule has 0 radical (unpaired) electrons. The normalized spacial score (nSPS) is 17.7. The fraction of sp³-hybridized carbons (Fsp3) is 0.435. The average Bonchev–Trinajstić information content (AvgIpc) is 2.98. The molecule has 0 unspecified atom stereocenters. The topological polar surface area (TPSA) is 84.9 Å². The van der Waals surface area contributed by atoms with Crippen molar-refractivity contribution in [1.82, 2.24) is 4.31 Å². The van der Waals surface area contributed by atoms with Gasteiger partial charge in [0, 0.05) is 37.2 Å². The zero-order chi connectivity index (χ0) is 22.0. The van der Waals surface area contributed by atoms with Gasteiger partial charge in [-0.25, -0.2) is 8.42 Å². The zero-order valence-electron chi connectivity index (χ0n) is 17.9. The molecular weight excluding hydrogens is 416 g/mol. The number of benzene rings is 2. The summed E-state index contributed by atoms with van der Waals surface area (Å²) in [6, 6.07) is 10.7. The van der Waals surface area contributed by atoms with Gasteiger partial charge >= 0.3 is 0 Å². The van der Waals surface area contributed by atoms with Crippen LogP contribution in [0.2, 0.25) is 0 Å². The highest BCUT2D eigenvalue weighted by atomic mass is 32.2. The number of hydrogen-bond donors (Lipinski definition) is 1. The van der Waals surface area contributed by atoms with Crippen molar-refractivity contribution in [2.75, 3.05) is 31.6 Å². The van der Waals surface area contributed by atoms with Gasteiger partial charge in [0.1, 0.15) is 0 Å². The summed E-state index contributed by atoms with van der Waals surface area (Å²) in [5.74, 6) is 0.758. The van der Waals surface area contributed by atoms with E-state index in [4.69, 9.17) is 9.47 Å². The Morgan fingerprint density at radius 3 is 2.29 bits per heavy atom. The first-order chi connectivity index (χ1) is 14.8. The molecule has 0 atom stereocenters. The lowest BCUT2D eigenvalue weighted by Gasteiger charge is -2.30. The van der Waals surface area contributed by atoms with Gasteiger partial charge in [0.05, 0.1) is 18.1 Å². The quantitative estimate of drug-likeness (QED) is 0.780. The molecule has 0 bridgehead atoms. The molecular formula is C23H28N2O5S. The van der Waals surface area contributed by atoms with Crippen LogP contribution in [-0.2, 0) is 14.8 Å². The van der Waals surface area contributed by atoms with E-state index in [0.29, 0.717) is 50.6 Å². The van der Waals surface area contributed by atoms with Crippen LogP contribution in [0.1, 0.15) is 30.4 Å². The predicted octanol–water partition coefficient (Wildman–Crippen LogP) is 3.50. The number of anilines is 1. The third kappa shape index (κ3) is 4.85. The Hall–Kier alpha value is -2.58. The molecule has 1 amide bonds. The van der Waals surface area contributed by atoms with E-state index in [0.717, 1.165) is 23.2 Å². The van der Waals surface area contributed by atoms with Crippen molar-refractivity contribution in [3.8, 4) is 11.5 Å². The van der Waals surface area contributed by atoms with E-state index >= 15 is 0 Å². The van der Waals surface area contributed by atoms with E-state index in [1.54, 1.807) is 12.1 Å². The van der Waals surface area contributed by atoms with Crippen LogP contribution >= 0.6 is 0 Å². The highest BCUT2D eigenvalue weighted by molar-refractivity contribution is 7.89. The second kappa shape index (κ2) is 8.88. The smallest absolute Gasteiger partial charge is 0.243 e. The first-order valence-electron chi connectivity index (χ1n) is 10.6. The van der Waals surface area contributed by atoms with Gasteiger partial charge in [0.15, 0.2) is 11.5 Å². The lowest BCUT2D eigenvalue weighted by Crippen LogP contribution is -2.41. The van der Waals surface area contributed by atoms with Gasteiger partial charge in [0.2, 0.25) is 15.9 Å². The summed E-state index contributed by atoms with van der Waals surface area (Å²) >= 11 is 0. The number of nitrogens with zero attached hydrogens (tertiary/aromatic N) is 1. The van der Waals surface area contributed by atoms with Crippen LogP contribution in [0.5, 0.6) is 11.5 Å². The Morgan fingerprint density at radius 2 is 1.61 bits per heavy atom. The maximum atomic E-state index is 13.1. The van der Waals surface area contributed by atoms with Crippen LogP contribution in [0.4, 0.5) is 5.69 Å². The molecule has 2 heterocycles. The second-order valence-electron chi connectivity index (χ2n) is 8.20. The molecule has 0 spiro atoms. The second-order valence-corrected chi connectivity index (χ2v) is 10.1. The molecule has 2 aromatic carbocycles. The summed E-state index contributed by atoms with van der Waals surface area (Å²) in [7, 11) is -3.66. The monoisotopic (exact) mass is 444 g/mol. The highest BCUT2D eigenvalue weighted by Crippen LogP contribution is 2.34. The first kappa shape index (κ1) is 21.6. The molecule has 2 aliphatic heterocycles. The fourth-order valence-corrected chi connectivity index (χ4v) is 5.59. The highest BCUT2D eigenvalue weighted by Gasteiger charge is 2.32. The van der Waals surface area contributed by atoms with Gasteiger partial charge in [-0.3, -0.25) is 4.79 Å². The molecule has 2 aromatic rings. The van der Waals surface area contributed by atoms with Crippen LogP contribution in [0, 0.1) is 19.8 Å². The summed E-state index contributed by atoms with van der Waals surface area (Å²) in [6.45, 7) is 5.65. The number of nitrogens with one attached hydrogen (secondary N) is 1. The standard InChI is InChI=1S/C23H28N2O5S/c1-16-12-17(2)14-19(13-16)24-23(26)18-6-8-25(9-7-18)31(27,28)20-4-5-21-22(15-20)30-11-3-10-29-21/h4-5,12-15,18H,3,6-11H2,1-2H3,(H,24,26). The number of fused-ring (bicyclic) bond motifs is 1. The summed E-state index contributed by atoms with van der Waals surface area (Å²) in [5.41, 5.74) is 2.96. The van der Waals surface area contributed by atoms with Crippen molar-refractivity contribution in [3.05, 3.63) is 47.5 Å². The van der Waals surface area contributed by atoms with E-state index < -0.39 is 10.0 Å². The summed E-state index contributed by atoms with van der Waals surface area (Å²) in [6.07, 6.45) is 1.73. The van der Waals surface area contributed by atoms with Crippen LogP contribution in [0.3, 0.4) is 0 Å². The van der Waals surface area contributed by atoms with Crippen molar-refractivity contribution in [1.29, 1.82) is 0 Å². The number of piperidine rings is 1. The molecule has 7 nitrogen and oxygen atoms in total. The van der Waals surface area contributed by atoms with Crippen LogP contribution in [0.15, 0.2) is 41.3 Å². The number of sulfonamides is 1. The van der Waals surface area contributed by atoms with Gasteiger partial charge in [0.25, 0.3) is 0 Å². The van der Waals surface area contributed by atoms with Gasteiger partial charge in [-0.1, -0.05) is 6.07 Å². The molecule has 0 saturated carbocycles. The van der Waals surface area contributed by atoms with Gasteiger partial charge < -0.3 is 14.8 Å². The van der Waals surface area contributed by atoms with Crippen LogP contribution in [0.25, 0.3) is 0 Å². The number of carbonyl (C=O) groups excluding carboxylic acids is 1.